The number of para-hydroxylation sites is 1. The fourth-order valence-electron chi connectivity index (χ4n) is 3.37. The van der Waals surface area contributed by atoms with E-state index in [9.17, 15) is 4.79 Å². The van der Waals surface area contributed by atoms with Gasteiger partial charge in [-0.3, -0.25) is 15.1 Å². The van der Waals surface area contributed by atoms with E-state index in [1.54, 1.807) is 23.9 Å². The van der Waals surface area contributed by atoms with E-state index in [0.29, 0.717) is 10.9 Å². The summed E-state index contributed by atoms with van der Waals surface area (Å²) in [5.41, 5.74) is 2.51. The van der Waals surface area contributed by atoms with Gasteiger partial charge in [0.25, 0.3) is 5.91 Å². The molecule has 144 valence electrons. The number of rotatable bonds is 4. The quantitative estimate of drug-likeness (QED) is 0.864. The van der Waals surface area contributed by atoms with Crippen molar-refractivity contribution < 1.29 is 9.53 Å². The van der Waals surface area contributed by atoms with Crippen molar-refractivity contribution in [3.8, 4) is 5.75 Å². The van der Waals surface area contributed by atoms with Crippen LogP contribution in [0.25, 0.3) is 5.70 Å². The lowest BCUT2D eigenvalue weighted by Gasteiger charge is -2.34. The molecule has 0 aliphatic carbocycles. The average Bonchev–Trinajstić information content (AvgIpc) is 2.71. The topological polar surface area (TPSA) is 66.3 Å². The Balaban J connectivity index is 1.88. The Bertz CT molecular complexity index is 1080. The second kappa shape index (κ2) is 7.67. The average molecular weight is 395 g/mol. The number of carbonyl (C=O) groups excluding carboxylic acids is 1. The van der Waals surface area contributed by atoms with Crippen molar-refractivity contribution in [1.82, 2.24) is 10.3 Å². The van der Waals surface area contributed by atoms with Crippen LogP contribution in [0.4, 0.5) is 0 Å². The molecule has 2 aromatic carbocycles. The van der Waals surface area contributed by atoms with Crippen molar-refractivity contribution in [2.75, 3.05) is 12.9 Å². The van der Waals surface area contributed by atoms with E-state index in [0.717, 1.165) is 39.6 Å². The van der Waals surface area contributed by atoms with Gasteiger partial charge in [0, 0.05) is 11.0 Å². The minimum absolute atomic E-state index is 0.147. The molecule has 0 fully saturated rings. The number of nitrogens with one attached hydrogen (secondary N) is 1. The number of hydrogen-bond donors (Lipinski definition) is 1. The number of ether oxygens (including phenoxy) is 1. The van der Waals surface area contributed by atoms with Crippen LogP contribution in [-0.4, -0.2) is 28.9 Å². The maximum Gasteiger partial charge on any atom is 0.276 e. The molecule has 4 rings (SSSR count). The van der Waals surface area contributed by atoms with Gasteiger partial charge in [0.2, 0.25) is 0 Å². The van der Waals surface area contributed by atoms with E-state index >= 15 is 0 Å². The van der Waals surface area contributed by atoms with Crippen LogP contribution < -0.4 is 20.6 Å². The molecule has 1 N–H and O–H groups in total. The van der Waals surface area contributed by atoms with Crippen LogP contribution >= 0.6 is 11.8 Å². The first-order chi connectivity index (χ1) is 13.6. The standard InChI is InChI=1S/C21H22N4O2S/c1-4-11-28-21-23-20(26)18-15-7-5-6-8-16(15)22-19(25(18)24-21)14-9-10-17(27-3)13(2)12-14/h5-10,12,19H,4,11H2,1-3H3,(H,23,24,26). The first kappa shape index (κ1) is 18.6. The number of nitrogens with zero attached hydrogens (tertiary/aromatic N) is 3. The lowest BCUT2D eigenvalue weighted by Crippen LogP contribution is -2.50. The van der Waals surface area contributed by atoms with Gasteiger partial charge in [0.1, 0.15) is 11.4 Å². The van der Waals surface area contributed by atoms with Crippen molar-refractivity contribution in [3.05, 3.63) is 64.2 Å². The normalized spacial score (nSPS) is 17.9. The smallest absolute Gasteiger partial charge is 0.276 e. The van der Waals surface area contributed by atoms with Crippen LogP contribution in [-0.2, 0) is 4.79 Å². The number of thioether (sulfide) groups is 1. The Morgan fingerprint density at radius 2 is 2.07 bits per heavy atom. The molecule has 28 heavy (non-hydrogen) atoms. The van der Waals surface area contributed by atoms with Crippen LogP contribution in [0.2, 0.25) is 0 Å². The number of amides is 1. The Morgan fingerprint density at radius 1 is 1.25 bits per heavy atom. The summed E-state index contributed by atoms with van der Waals surface area (Å²) >= 11 is 1.55. The molecule has 0 bridgehead atoms. The number of carbonyl (C=O) groups is 1. The molecular formula is C21H22N4O2S. The first-order valence-corrected chi connectivity index (χ1v) is 10.2. The molecular weight excluding hydrogens is 372 g/mol. The number of methoxy groups -OCH3 is 1. The highest BCUT2D eigenvalue weighted by molar-refractivity contribution is 8.13. The van der Waals surface area contributed by atoms with Crippen LogP contribution in [0.3, 0.4) is 0 Å². The van der Waals surface area contributed by atoms with Crippen molar-refractivity contribution in [2.45, 2.75) is 26.4 Å². The van der Waals surface area contributed by atoms with Crippen molar-refractivity contribution >= 4 is 28.5 Å². The zero-order valence-corrected chi connectivity index (χ0v) is 16.9. The molecule has 2 aromatic rings. The lowest BCUT2D eigenvalue weighted by atomic mass is 10.1. The number of hydrazone groups is 1. The Hall–Kier alpha value is -2.80. The van der Waals surface area contributed by atoms with Gasteiger partial charge in [-0.2, -0.15) is 0 Å². The molecule has 1 atom stereocenters. The SMILES string of the molecule is CCCSC1=NN2C(=c3ccccc3=NC2c2ccc(OC)c(C)c2)C(=O)N1. The number of aryl methyl sites for hydroxylation is 1. The second-order valence-electron chi connectivity index (χ2n) is 6.65. The highest BCUT2D eigenvalue weighted by Gasteiger charge is 2.34. The number of hydrogen-bond acceptors (Lipinski definition) is 6. The van der Waals surface area contributed by atoms with Gasteiger partial charge in [0.05, 0.1) is 12.5 Å². The molecule has 2 heterocycles. The molecule has 2 aliphatic heterocycles. The summed E-state index contributed by atoms with van der Waals surface area (Å²) in [6.07, 6.45) is 0.600. The van der Waals surface area contributed by atoms with E-state index in [2.05, 4.69) is 12.2 Å². The monoisotopic (exact) mass is 394 g/mol. The third-order valence-corrected chi connectivity index (χ3v) is 5.74. The summed E-state index contributed by atoms with van der Waals surface area (Å²) in [7, 11) is 1.66. The maximum absolute atomic E-state index is 13.0. The minimum atomic E-state index is -0.405. The van der Waals surface area contributed by atoms with Crippen LogP contribution in [0.5, 0.6) is 5.75 Å². The summed E-state index contributed by atoms with van der Waals surface area (Å²) in [6.45, 7) is 4.10. The predicted octanol–water partition coefficient (Wildman–Crippen LogP) is 2.29. The molecule has 2 aliphatic rings. The fourth-order valence-corrected chi connectivity index (χ4v) is 4.08. The molecule has 1 unspecified atom stereocenters. The molecule has 0 saturated heterocycles. The van der Waals surface area contributed by atoms with E-state index in [1.165, 1.54) is 0 Å². The molecule has 6 nitrogen and oxygen atoms in total. The molecule has 0 aromatic heterocycles. The number of fused-ring (bicyclic) bond motifs is 2. The van der Waals surface area contributed by atoms with Crippen LogP contribution in [0.15, 0.2) is 52.6 Å². The van der Waals surface area contributed by atoms with E-state index in [1.807, 2.05) is 49.4 Å². The minimum Gasteiger partial charge on any atom is -0.496 e. The number of benzene rings is 2. The molecule has 0 radical (unpaired) electrons. The van der Waals surface area contributed by atoms with Gasteiger partial charge >= 0.3 is 0 Å². The van der Waals surface area contributed by atoms with Gasteiger partial charge in [-0.1, -0.05) is 43.0 Å². The van der Waals surface area contributed by atoms with Gasteiger partial charge in [0.15, 0.2) is 11.3 Å². The van der Waals surface area contributed by atoms with Crippen LogP contribution in [0, 0.1) is 6.92 Å². The van der Waals surface area contributed by atoms with E-state index < -0.39 is 6.17 Å². The Labute approximate surface area is 168 Å². The first-order valence-electron chi connectivity index (χ1n) is 9.26. The molecule has 0 spiro atoms. The summed E-state index contributed by atoms with van der Waals surface area (Å²) in [5.74, 6) is 1.57. The van der Waals surface area contributed by atoms with E-state index in [-0.39, 0.29) is 5.91 Å². The van der Waals surface area contributed by atoms with Crippen LogP contribution in [0.1, 0.15) is 30.6 Å². The molecule has 7 heteroatoms. The van der Waals surface area contributed by atoms with E-state index in [4.69, 9.17) is 14.8 Å². The van der Waals surface area contributed by atoms with Gasteiger partial charge in [-0.25, -0.2) is 5.01 Å². The third kappa shape index (κ3) is 3.26. The predicted molar refractivity (Wildman–Crippen MR) is 111 cm³/mol. The summed E-state index contributed by atoms with van der Waals surface area (Å²) < 4.78 is 5.38. The second-order valence-corrected chi connectivity index (χ2v) is 7.73. The highest BCUT2D eigenvalue weighted by Crippen LogP contribution is 2.32. The highest BCUT2D eigenvalue weighted by atomic mass is 32.2. The largest absolute Gasteiger partial charge is 0.496 e. The zero-order chi connectivity index (χ0) is 19.7. The zero-order valence-electron chi connectivity index (χ0n) is 16.1. The lowest BCUT2D eigenvalue weighted by molar-refractivity contribution is -0.116. The maximum atomic E-state index is 13.0. The van der Waals surface area contributed by atoms with Crippen molar-refractivity contribution in [1.29, 1.82) is 0 Å². The summed E-state index contributed by atoms with van der Waals surface area (Å²) in [6, 6.07) is 13.6. The summed E-state index contributed by atoms with van der Waals surface area (Å²) in [5, 5.41) is 11.6. The van der Waals surface area contributed by atoms with Gasteiger partial charge in [-0.15, -0.1) is 5.10 Å². The van der Waals surface area contributed by atoms with Crippen molar-refractivity contribution in [3.63, 3.8) is 0 Å². The Morgan fingerprint density at radius 3 is 2.82 bits per heavy atom. The van der Waals surface area contributed by atoms with Gasteiger partial charge < -0.3 is 4.74 Å². The molecule has 0 saturated carbocycles. The van der Waals surface area contributed by atoms with Crippen molar-refractivity contribution in [2.24, 2.45) is 10.1 Å². The fraction of sp³-hybridized carbons (Fsp3) is 0.286. The molecule has 1 amide bonds. The third-order valence-electron chi connectivity index (χ3n) is 4.68. The summed E-state index contributed by atoms with van der Waals surface area (Å²) in [4.78, 5) is 17.9. The van der Waals surface area contributed by atoms with Gasteiger partial charge in [-0.05, 0) is 42.7 Å². The number of amidine groups is 1. The Kier molecular flexibility index (Phi) is 5.09.